The minimum Gasteiger partial charge on any atom is -0.481 e. The zero-order chi connectivity index (χ0) is 20.7. The predicted molar refractivity (Wildman–Crippen MR) is 112 cm³/mol. The lowest BCUT2D eigenvalue weighted by atomic mass is 9.87. The van der Waals surface area contributed by atoms with Gasteiger partial charge in [0.25, 0.3) is 5.91 Å². The zero-order valence-electron chi connectivity index (χ0n) is 18.0. The molecule has 0 spiro atoms. The number of rotatable bonds is 6. The summed E-state index contributed by atoms with van der Waals surface area (Å²) in [5.41, 5.74) is 1.32. The SMILES string of the molecule is CCNC(=O)CN1CCCN(C(=O)[C@@H](C)Oc2ccc(C(C)(C)C)cc2)CC1. The molecule has 0 saturated carbocycles. The Hall–Kier alpha value is -2.08. The van der Waals surface area contributed by atoms with E-state index in [4.69, 9.17) is 4.74 Å². The van der Waals surface area contributed by atoms with Crippen molar-refractivity contribution in [1.29, 1.82) is 0 Å². The molecule has 2 rings (SSSR count). The second kappa shape index (κ2) is 9.92. The lowest BCUT2D eigenvalue weighted by molar-refractivity contribution is -0.137. The van der Waals surface area contributed by atoms with Gasteiger partial charge in [-0.15, -0.1) is 0 Å². The summed E-state index contributed by atoms with van der Waals surface area (Å²) in [7, 11) is 0. The third kappa shape index (κ3) is 6.51. The van der Waals surface area contributed by atoms with E-state index in [0.717, 1.165) is 13.0 Å². The second-order valence-corrected chi connectivity index (χ2v) is 8.44. The van der Waals surface area contributed by atoms with Crippen molar-refractivity contribution < 1.29 is 14.3 Å². The summed E-state index contributed by atoms with van der Waals surface area (Å²) in [5, 5.41) is 2.82. The molecule has 1 aliphatic heterocycles. The highest BCUT2D eigenvalue weighted by Gasteiger charge is 2.25. The number of carbonyl (C=O) groups is 2. The van der Waals surface area contributed by atoms with Crippen molar-refractivity contribution in [2.24, 2.45) is 0 Å². The van der Waals surface area contributed by atoms with E-state index in [1.54, 1.807) is 6.92 Å². The van der Waals surface area contributed by atoms with Crippen molar-refractivity contribution in [3.05, 3.63) is 29.8 Å². The van der Waals surface area contributed by atoms with Crippen LogP contribution in [0.2, 0.25) is 0 Å². The molecule has 0 bridgehead atoms. The van der Waals surface area contributed by atoms with Crippen LogP contribution in [-0.4, -0.2) is 67.0 Å². The van der Waals surface area contributed by atoms with Gasteiger partial charge >= 0.3 is 0 Å². The van der Waals surface area contributed by atoms with Crippen LogP contribution in [0.5, 0.6) is 5.75 Å². The highest BCUT2D eigenvalue weighted by atomic mass is 16.5. The number of likely N-dealkylation sites (N-methyl/N-ethyl adjacent to an activating group) is 1. The van der Waals surface area contributed by atoms with E-state index in [9.17, 15) is 9.59 Å². The van der Waals surface area contributed by atoms with Crippen LogP contribution in [-0.2, 0) is 15.0 Å². The monoisotopic (exact) mass is 389 g/mol. The Balaban J connectivity index is 1.88. The molecular weight excluding hydrogens is 354 g/mol. The first-order chi connectivity index (χ1) is 13.2. The summed E-state index contributed by atoms with van der Waals surface area (Å²) in [4.78, 5) is 28.6. The fraction of sp³-hybridized carbons (Fsp3) is 0.636. The van der Waals surface area contributed by atoms with E-state index in [2.05, 4.69) is 43.1 Å². The number of nitrogens with one attached hydrogen (secondary N) is 1. The second-order valence-electron chi connectivity index (χ2n) is 8.44. The van der Waals surface area contributed by atoms with E-state index < -0.39 is 6.10 Å². The topological polar surface area (TPSA) is 61.9 Å². The molecule has 28 heavy (non-hydrogen) atoms. The average Bonchev–Trinajstić information content (AvgIpc) is 2.86. The van der Waals surface area contributed by atoms with E-state index in [0.29, 0.717) is 38.5 Å². The van der Waals surface area contributed by atoms with E-state index in [1.807, 2.05) is 24.0 Å². The maximum absolute atomic E-state index is 12.8. The summed E-state index contributed by atoms with van der Waals surface area (Å²) in [6, 6.07) is 7.97. The number of benzene rings is 1. The van der Waals surface area contributed by atoms with Crippen LogP contribution in [0, 0.1) is 0 Å². The minimum atomic E-state index is -0.532. The standard InChI is InChI=1S/C22H35N3O3/c1-6-23-20(26)16-24-12-7-13-25(15-14-24)21(27)17(2)28-19-10-8-18(9-11-19)22(3,4)5/h8-11,17H,6-7,12-16H2,1-5H3,(H,23,26)/t17-/m1/s1. The number of ether oxygens (including phenoxy) is 1. The predicted octanol–water partition coefficient (Wildman–Crippen LogP) is 2.42. The van der Waals surface area contributed by atoms with Gasteiger partial charge in [0, 0.05) is 32.7 Å². The first-order valence-corrected chi connectivity index (χ1v) is 10.3. The summed E-state index contributed by atoms with van der Waals surface area (Å²) in [6.07, 6.45) is 0.327. The molecule has 2 amide bonds. The molecule has 1 heterocycles. The highest BCUT2D eigenvalue weighted by Crippen LogP contribution is 2.24. The van der Waals surface area contributed by atoms with Crippen LogP contribution in [0.25, 0.3) is 0 Å². The van der Waals surface area contributed by atoms with Crippen LogP contribution in [0.3, 0.4) is 0 Å². The maximum atomic E-state index is 12.8. The van der Waals surface area contributed by atoms with Gasteiger partial charge in [0.1, 0.15) is 5.75 Å². The molecule has 6 nitrogen and oxygen atoms in total. The first kappa shape index (κ1) is 22.2. The molecule has 1 aromatic carbocycles. The van der Waals surface area contributed by atoms with Gasteiger partial charge in [-0.05, 0) is 43.4 Å². The Morgan fingerprint density at radius 1 is 1.11 bits per heavy atom. The van der Waals surface area contributed by atoms with Crippen molar-refractivity contribution in [2.45, 2.75) is 52.6 Å². The van der Waals surface area contributed by atoms with Crippen molar-refractivity contribution in [3.8, 4) is 5.75 Å². The molecule has 1 aromatic rings. The molecule has 0 aliphatic carbocycles. The average molecular weight is 390 g/mol. The molecule has 1 atom stereocenters. The number of amides is 2. The van der Waals surface area contributed by atoms with Crippen molar-refractivity contribution in [3.63, 3.8) is 0 Å². The molecule has 1 fully saturated rings. The lowest BCUT2D eigenvalue weighted by Gasteiger charge is -2.25. The Labute approximate surface area is 169 Å². The van der Waals surface area contributed by atoms with Crippen LogP contribution < -0.4 is 10.1 Å². The quantitative estimate of drug-likeness (QED) is 0.812. The number of hydrogen-bond donors (Lipinski definition) is 1. The Morgan fingerprint density at radius 2 is 1.79 bits per heavy atom. The largest absolute Gasteiger partial charge is 0.481 e. The Bertz CT molecular complexity index is 652. The fourth-order valence-corrected chi connectivity index (χ4v) is 3.35. The molecule has 0 unspecified atom stereocenters. The van der Waals surface area contributed by atoms with Crippen LogP contribution in [0.1, 0.15) is 46.6 Å². The van der Waals surface area contributed by atoms with E-state index >= 15 is 0 Å². The van der Waals surface area contributed by atoms with Crippen molar-refractivity contribution >= 4 is 11.8 Å². The molecule has 0 radical (unpaired) electrons. The van der Waals surface area contributed by atoms with Gasteiger partial charge in [0.05, 0.1) is 6.54 Å². The molecule has 156 valence electrons. The Kier molecular flexibility index (Phi) is 7.87. The van der Waals surface area contributed by atoms with Crippen molar-refractivity contribution in [1.82, 2.24) is 15.1 Å². The number of hydrogen-bond acceptors (Lipinski definition) is 4. The third-order valence-electron chi connectivity index (χ3n) is 5.02. The summed E-state index contributed by atoms with van der Waals surface area (Å²) < 4.78 is 5.89. The molecule has 1 N–H and O–H groups in total. The summed E-state index contributed by atoms with van der Waals surface area (Å²) >= 11 is 0. The van der Waals surface area contributed by atoms with E-state index in [1.165, 1.54) is 5.56 Å². The van der Waals surface area contributed by atoms with Gasteiger partial charge in [-0.25, -0.2) is 0 Å². The molecular formula is C22H35N3O3. The number of carbonyl (C=O) groups excluding carboxylic acids is 2. The normalized spacial score (nSPS) is 17.0. The lowest BCUT2D eigenvalue weighted by Crippen LogP contribution is -2.43. The summed E-state index contributed by atoms with van der Waals surface area (Å²) in [5.74, 6) is 0.749. The number of nitrogens with zero attached hydrogens (tertiary/aromatic N) is 2. The van der Waals surface area contributed by atoms with Gasteiger partial charge in [-0.3, -0.25) is 14.5 Å². The molecule has 1 saturated heterocycles. The van der Waals surface area contributed by atoms with Gasteiger partial charge in [0.15, 0.2) is 6.10 Å². The van der Waals surface area contributed by atoms with Crippen LogP contribution >= 0.6 is 0 Å². The van der Waals surface area contributed by atoms with Gasteiger partial charge in [-0.1, -0.05) is 32.9 Å². The Morgan fingerprint density at radius 3 is 2.39 bits per heavy atom. The molecule has 1 aliphatic rings. The van der Waals surface area contributed by atoms with Gasteiger partial charge in [-0.2, -0.15) is 0 Å². The molecule has 6 heteroatoms. The first-order valence-electron chi connectivity index (χ1n) is 10.3. The molecule has 0 aromatic heterocycles. The highest BCUT2D eigenvalue weighted by molar-refractivity contribution is 5.81. The summed E-state index contributed by atoms with van der Waals surface area (Å²) in [6.45, 7) is 14.1. The zero-order valence-corrected chi connectivity index (χ0v) is 18.0. The third-order valence-corrected chi connectivity index (χ3v) is 5.02. The smallest absolute Gasteiger partial charge is 0.263 e. The van der Waals surface area contributed by atoms with Gasteiger partial charge < -0.3 is 15.0 Å². The fourth-order valence-electron chi connectivity index (χ4n) is 3.35. The minimum absolute atomic E-state index is 0.000224. The van der Waals surface area contributed by atoms with Crippen molar-refractivity contribution in [2.75, 3.05) is 39.3 Å². The van der Waals surface area contributed by atoms with Crippen LogP contribution in [0.15, 0.2) is 24.3 Å². The van der Waals surface area contributed by atoms with Gasteiger partial charge in [0.2, 0.25) is 5.91 Å². The maximum Gasteiger partial charge on any atom is 0.263 e. The van der Waals surface area contributed by atoms with E-state index in [-0.39, 0.29) is 17.2 Å². The van der Waals surface area contributed by atoms with Crippen LogP contribution in [0.4, 0.5) is 0 Å².